The molecule has 1 atom stereocenters. The van der Waals surface area contributed by atoms with Gasteiger partial charge in [0.1, 0.15) is 11.8 Å². The van der Waals surface area contributed by atoms with Gasteiger partial charge in [-0.25, -0.2) is 4.68 Å². The Morgan fingerprint density at radius 3 is 2.72 bits per heavy atom. The van der Waals surface area contributed by atoms with Crippen LogP contribution >= 0.6 is 11.8 Å². The van der Waals surface area contributed by atoms with Crippen LogP contribution in [0.4, 0.5) is 5.95 Å². The minimum absolute atomic E-state index is 0.190. The molecular weight excluding hydrogens is 420 g/mol. The van der Waals surface area contributed by atoms with Crippen LogP contribution in [-0.2, 0) is 10.5 Å². The van der Waals surface area contributed by atoms with Crippen LogP contribution in [0.5, 0.6) is 5.75 Å². The molecule has 2 aromatic carbocycles. The summed E-state index contributed by atoms with van der Waals surface area (Å²) in [6.45, 7) is 2.78. The summed E-state index contributed by atoms with van der Waals surface area (Å²) in [6.07, 6.45) is 3.26. The predicted octanol–water partition coefficient (Wildman–Crippen LogP) is 5.38. The fourth-order valence-corrected chi connectivity index (χ4v) is 4.98. The van der Waals surface area contributed by atoms with Crippen LogP contribution in [0.2, 0.25) is 0 Å². The second-order valence-corrected chi connectivity index (χ2v) is 8.99. The molecule has 1 aromatic heterocycles. The molecule has 1 aliphatic carbocycles. The normalized spacial score (nSPS) is 17.5. The number of ketones is 1. The number of hydrogen-bond acceptors (Lipinski definition) is 6. The van der Waals surface area contributed by atoms with E-state index in [2.05, 4.69) is 24.4 Å². The zero-order valence-electron chi connectivity index (χ0n) is 18.1. The second-order valence-electron chi connectivity index (χ2n) is 8.05. The van der Waals surface area contributed by atoms with Gasteiger partial charge in [-0.1, -0.05) is 61.2 Å². The van der Waals surface area contributed by atoms with Crippen molar-refractivity contribution in [3.05, 3.63) is 77.0 Å². The first-order valence-corrected chi connectivity index (χ1v) is 12.1. The van der Waals surface area contributed by atoms with Crippen molar-refractivity contribution >= 4 is 23.5 Å². The number of aromatic nitrogens is 3. The van der Waals surface area contributed by atoms with E-state index in [0.717, 1.165) is 47.6 Å². The Bertz CT molecular complexity index is 1140. The van der Waals surface area contributed by atoms with Gasteiger partial charge in [-0.2, -0.15) is 4.98 Å². The Hall–Kier alpha value is -3.06. The summed E-state index contributed by atoms with van der Waals surface area (Å²) >= 11 is 1.60. The van der Waals surface area contributed by atoms with Gasteiger partial charge >= 0.3 is 0 Å². The average Bonchev–Trinajstić information content (AvgIpc) is 3.24. The Labute approximate surface area is 192 Å². The SMILES string of the molecule is CCCOc1ccc(C2C3=C(CCCC3=O)Nc3nc(SCc4ccccc4)nn32)cc1. The first-order chi connectivity index (χ1) is 15.7. The number of anilines is 1. The number of nitrogens with zero attached hydrogens (tertiary/aromatic N) is 3. The minimum atomic E-state index is -0.271. The fourth-order valence-electron chi connectivity index (χ4n) is 4.19. The highest BCUT2D eigenvalue weighted by Crippen LogP contribution is 2.41. The smallest absolute Gasteiger partial charge is 0.227 e. The molecule has 0 radical (unpaired) electrons. The maximum Gasteiger partial charge on any atom is 0.227 e. The Morgan fingerprint density at radius 1 is 1.12 bits per heavy atom. The summed E-state index contributed by atoms with van der Waals surface area (Å²) in [5.74, 6) is 2.52. The number of allylic oxidation sites excluding steroid dienone is 2. The van der Waals surface area contributed by atoms with E-state index in [1.54, 1.807) is 11.8 Å². The maximum atomic E-state index is 13.0. The van der Waals surface area contributed by atoms with Gasteiger partial charge in [0.2, 0.25) is 11.1 Å². The van der Waals surface area contributed by atoms with Crippen molar-refractivity contribution in [2.75, 3.05) is 11.9 Å². The van der Waals surface area contributed by atoms with Gasteiger partial charge in [-0.15, -0.1) is 5.10 Å². The van der Waals surface area contributed by atoms with E-state index in [1.165, 1.54) is 5.56 Å². The molecule has 0 amide bonds. The number of ether oxygens (including phenoxy) is 1. The summed E-state index contributed by atoms with van der Waals surface area (Å²) in [5.41, 5.74) is 4.04. The molecule has 1 unspecified atom stereocenters. The summed E-state index contributed by atoms with van der Waals surface area (Å²) in [7, 11) is 0. The van der Waals surface area contributed by atoms with Crippen molar-refractivity contribution in [2.24, 2.45) is 0 Å². The third-order valence-electron chi connectivity index (χ3n) is 5.73. The number of carbonyl (C=O) groups is 1. The van der Waals surface area contributed by atoms with E-state index >= 15 is 0 Å². The third-order valence-corrected chi connectivity index (χ3v) is 6.64. The topological polar surface area (TPSA) is 69.0 Å². The number of carbonyl (C=O) groups excluding carboxylic acids is 1. The largest absolute Gasteiger partial charge is 0.494 e. The lowest BCUT2D eigenvalue weighted by molar-refractivity contribution is -0.116. The van der Waals surface area contributed by atoms with E-state index < -0.39 is 0 Å². The first kappa shape index (κ1) is 20.8. The highest BCUT2D eigenvalue weighted by molar-refractivity contribution is 7.98. The summed E-state index contributed by atoms with van der Waals surface area (Å²) in [4.78, 5) is 17.7. The standard InChI is InChI=1S/C25H26N4O2S/c1-2-15-31-19-13-11-18(12-14-19)23-22-20(9-6-10-21(22)30)26-24-27-25(28-29(23)24)32-16-17-7-4-3-5-8-17/h3-5,7-8,11-14,23H,2,6,9-10,15-16H2,1H3,(H,26,27,28). The molecule has 0 spiro atoms. The maximum absolute atomic E-state index is 13.0. The highest BCUT2D eigenvalue weighted by Gasteiger charge is 2.36. The van der Waals surface area contributed by atoms with E-state index in [1.807, 2.05) is 47.1 Å². The van der Waals surface area contributed by atoms with Gasteiger partial charge in [-0.05, 0) is 42.5 Å². The minimum Gasteiger partial charge on any atom is -0.494 e. The fraction of sp³-hybridized carbons (Fsp3) is 0.320. The highest BCUT2D eigenvalue weighted by atomic mass is 32.2. The molecule has 0 fully saturated rings. The summed E-state index contributed by atoms with van der Waals surface area (Å²) in [5, 5.41) is 8.91. The Morgan fingerprint density at radius 2 is 1.94 bits per heavy atom. The van der Waals surface area contributed by atoms with Crippen molar-refractivity contribution in [2.45, 2.75) is 49.6 Å². The molecule has 0 saturated carbocycles. The van der Waals surface area contributed by atoms with Gasteiger partial charge in [-0.3, -0.25) is 4.79 Å². The summed E-state index contributed by atoms with van der Waals surface area (Å²) < 4.78 is 7.62. The van der Waals surface area contributed by atoms with Crippen LogP contribution in [0.3, 0.4) is 0 Å². The Kier molecular flexibility index (Phi) is 5.99. The first-order valence-electron chi connectivity index (χ1n) is 11.1. The van der Waals surface area contributed by atoms with E-state index in [4.69, 9.17) is 14.8 Å². The molecule has 5 rings (SSSR count). The predicted molar refractivity (Wildman–Crippen MR) is 126 cm³/mol. The van der Waals surface area contributed by atoms with Gasteiger partial charge in [0.15, 0.2) is 5.78 Å². The van der Waals surface area contributed by atoms with Crippen LogP contribution in [0.25, 0.3) is 0 Å². The molecule has 1 aliphatic heterocycles. The lowest BCUT2D eigenvalue weighted by Gasteiger charge is -2.32. The van der Waals surface area contributed by atoms with Crippen LogP contribution < -0.4 is 10.1 Å². The zero-order chi connectivity index (χ0) is 21.9. The zero-order valence-corrected chi connectivity index (χ0v) is 18.9. The van der Waals surface area contributed by atoms with Gasteiger partial charge in [0.05, 0.1) is 6.61 Å². The van der Waals surface area contributed by atoms with E-state index in [0.29, 0.717) is 24.1 Å². The number of fused-ring (bicyclic) bond motifs is 1. The lowest BCUT2D eigenvalue weighted by Crippen LogP contribution is -2.31. The number of Topliss-reactive ketones (excluding diaryl/α,β-unsaturated/α-hetero) is 1. The molecular formula is C25H26N4O2S. The van der Waals surface area contributed by atoms with Crippen LogP contribution in [0.15, 0.2) is 71.0 Å². The number of hydrogen-bond donors (Lipinski definition) is 1. The van der Waals surface area contributed by atoms with Crippen molar-refractivity contribution < 1.29 is 9.53 Å². The molecule has 32 heavy (non-hydrogen) atoms. The number of nitrogens with one attached hydrogen (secondary N) is 1. The third kappa shape index (κ3) is 4.17. The molecule has 0 saturated heterocycles. The lowest BCUT2D eigenvalue weighted by atomic mass is 9.85. The molecule has 2 heterocycles. The quantitative estimate of drug-likeness (QED) is 0.491. The van der Waals surface area contributed by atoms with Gasteiger partial charge in [0, 0.05) is 23.4 Å². The molecule has 1 N–H and O–H groups in total. The van der Waals surface area contributed by atoms with Crippen LogP contribution in [-0.4, -0.2) is 27.2 Å². The molecule has 6 nitrogen and oxygen atoms in total. The molecule has 7 heteroatoms. The van der Waals surface area contributed by atoms with Gasteiger partial charge in [0.25, 0.3) is 0 Å². The molecule has 2 aliphatic rings. The van der Waals surface area contributed by atoms with Crippen molar-refractivity contribution in [1.82, 2.24) is 14.8 Å². The number of benzene rings is 2. The monoisotopic (exact) mass is 446 g/mol. The molecule has 3 aromatic rings. The summed E-state index contributed by atoms with van der Waals surface area (Å²) in [6, 6.07) is 18.1. The van der Waals surface area contributed by atoms with Crippen molar-refractivity contribution in [3.8, 4) is 5.75 Å². The van der Waals surface area contributed by atoms with E-state index in [-0.39, 0.29) is 11.8 Å². The Balaban J connectivity index is 1.47. The van der Waals surface area contributed by atoms with Crippen LogP contribution in [0, 0.1) is 0 Å². The van der Waals surface area contributed by atoms with Gasteiger partial charge < -0.3 is 10.1 Å². The average molecular weight is 447 g/mol. The second kappa shape index (κ2) is 9.20. The van der Waals surface area contributed by atoms with Crippen molar-refractivity contribution in [3.63, 3.8) is 0 Å². The number of thioether (sulfide) groups is 1. The molecule has 0 bridgehead atoms. The van der Waals surface area contributed by atoms with Crippen LogP contribution in [0.1, 0.15) is 49.8 Å². The van der Waals surface area contributed by atoms with Crippen molar-refractivity contribution in [1.29, 1.82) is 0 Å². The van der Waals surface area contributed by atoms with E-state index in [9.17, 15) is 4.79 Å². The molecule has 164 valence electrons. The number of rotatable bonds is 7.